The van der Waals surface area contributed by atoms with Gasteiger partial charge in [-0.05, 0) is 55.3 Å². The van der Waals surface area contributed by atoms with Crippen LogP contribution in [0.1, 0.15) is 12.8 Å². The van der Waals surface area contributed by atoms with E-state index in [2.05, 4.69) is 154 Å². The second-order valence-electron chi connectivity index (χ2n) is 12.0. The molecule has 4 aromatic carbocycles. The topological polar surface area (TPSA) is 34.2 Å². The number of nitrogens with one attached hydrogen (secondary N) is 1. The first-order valence-electron chi connectivity index (χ1n) is 15.6. The molecule has 3 heterocycles. The molecular weight excluding hydrogens is 536 g/mol. The van der Waals surface area contributed by atoms with Crippen LogP contribution in [-0.4, -0.2) is 21.5 Å². The minimum Gasteiger partial charge on any atom is -0.350 e. The first-order chi connectivity index (χ1) is 21.8. The molecule has 4 heteroatoms. The standard InChI is InChI=1S/C40H32N4/c1-5-19-37-31(15-1)32-16-2-6-20-38(32)43(37)29-13-9-11-27(23-29)35-25-36(42-26-41-35)28-12-10-14-30(24-28)44-39-21-7-3-17-33(39)34-18-4-8-22-40(34)44/h1-11,13-22,24-28,36H,12,23H2,(H,41,42). The highest BCUT2D eigenvalue weighted by atomic mass is 15.0. The lowest BCUT2D eigenvalue weighted by Crippen LogP contribution is -2.29. The average molecular weight is 569 g/mol. The van der Waals surface area contributed by atoms with Crippen molar-refractivity contribution in [3.63, 3.8) is 0 Å². The zero-order valence-corrected chi connectivity index (χ0v) is 24.3. The molecule has 9 rings (SSSR count). The molecule has 0 fully saturated rings. The maximum Gasteiger partial charge on any atom is 0.0873 e. The van der Waals surface area contributed by atoms with Crippen LogP contribution >= 0.6 is 0 Å². The van der Waals surface area contributed by atoms with Crippen LogP contribution in [0, 0.1) is 11.8 Å². The van der Waals surface area contributed by atoms with Gasteiger partial charge in [0.2, 0.25) is 0 Å². The van der Waals surface area contributed by atoms with Gasteiger partial charge in [-0.3, -0.25) is 4.99 Å². The fourth-order valence-corrected chi connectivity index (χ4v) is 7.49. The van der Waals surface area contributed by atoms with Crippen molar-refractivity contribution in [2.45, 2.75) is 18.9 Å². The second kappa shape index (κ2) is 10.1. The molecule has 1 N–H and O–H groups in total. The fraction of sp³-hybridized carbons (Fsp3) is 0.125. The molecule has 2 aliphatic carbocycles. The van der Waals surface area contributed by atoms with Crippen molar-refractivity contribution in [3.8, 4) is 0 Å². The van der Waals surface area contributed by atoms with Gasteiger partial charge in [-0.2, -0.15) is 0 Å². The van der Waals surface area contributed by atoms with E-state index in [0.717, 1.165) is 12.8 Å². The van der Waals surface area contributed by atoms with Crippen molar-refractivity contribution in [1.82, 2.24) is 14.5 Å². The number of fused-ring (bicyclic) bond motifs is 6. The van der Waals surface area contributed by atoms with Crippen molar-refractivity contribution >= 4 is 61.3 Å². The Balaban J connectivity index is 1.04. The van der Waals surface area contributed by atoms with E-state index in [9.17, 15) is 0 Å². The van der Waals surface area contributed by atoms with Crippen molar-refractivity contribution in [3.05, 3.63) is 145 Å². The van der Waals surface area contributed by atoms with Crippen LogP contribution in [0.2, 0.25) is 0 Å². The molecule has 6 aromatic rings. The van der Waals surface area contributed by atoms with Crippen molar-refractivity contribution in [2.24, 2.45) is 16.8 Å². The molecule has 0 spiro atoms. The number of aromatic nitrogens is 2. The predicted octanol–water partition coefficient (Wildman–Crippen LogP) is 9.32. The van der Waals surface area contributed by atoms with E-state index in [-0.39, 0.29) is 17.9 Å². The quantitative estimate of drug-likeness (QED) is 0.226. The van der Waals surface area contributed by atoms with Crippen LogP contribution < -0.4 is 5.32 Å². The third-order valence-corrected chi connectivity index (χ3v) is 9.51. The third-order valence-electron chi connectivity index (χ3n) is 9.51. The molecule has 3 aliphatic rings. The molecule has 212 valence electrons. The minimum absolute atomic E-state index is 0.0790. The molecule has 2 aromatic heterocycles. The van der Waals surface area contributed by atoms with E-state index in [0.29, 0.717) is 0 Å². The fourth-order valence-electron chi connectivity index (χ4n) is 7.49. The summed E-state index contributed by atoms with van der Waals surface area (Å²) in [5, 5.41) is 8.70. The summed E-state index contributed by atoms with van der Waals surface area (Å²) in [6, 6.07) is 35.0. The SMILES string of the molecule is C1=CC(C2=CC(C3C=C(n4c5ccccc5c5ccccc54)C=CC3)N=CN2)CC(n2c3ccccc3c3ccccc32)=C1. The van der Waals surface area contributed by atoms with E-state index in [1.165, 1.54) is 60.7 Å². The summed E-state index contributed by atoms with van der Waals surface area (Å²) in [6.07, 6.45) is 20.0. The molecule has 0 bridgehead atoms. The van der Waals surface area contributed by atoms with Crippen LogP contribution in [0.5, 0.6) is 0 Å². The zero-order chi connectivity index (χ0) is 29.0. The van der Waals surface area contributed by atoms with Crippen LogP contribution in [0.4, 0.5) is 0 Å². The van der Waals surface area contributed by atoms with Crippen LogP contribution in [-0.2, 0) is 0 Å². The Morgan fingerprint density at radius 1 is 0.659 bits per heavy atom. The van der Waals surface area contributed by atoms with Crippen molar-refractivity contribution < 1.29 is 0 Å². The highest BCUT2D eigenvalue weighted by molar-refractivity contribution is 6.11. The largest absolute Gasteiger partial charge is 0.350 e. The average Bonchev–Trinajstić information content (AvgIpc) is 3.62. The Morgan fingerprint density at radius 3 is 1.84 bits per heavy atom. The normalized spacial score (nSPS) is 21.5. The van der Waals surface area contributed by atoms with Crippen LogP contribution in [0.15, 0.2) is 150 Å². The van der Waals surface area contributed by atoms with Gasteiger partial charge in [0, 0.05) is 50.5 Å². The molecule has 3 atom stereocenters. The van der Waals surface area contributed by atoms with Gasteiger partial charge < -0.3 is 14.5 Å². The van der Waals surface area contributed by atoms with E-state index < -0.39 is 0 Å². The highest BCUT2D eigenvalue weighted by Crippen LogP contribution is 2.38. The smallest absolute Gasteiger partial charge is 0.0873 e. The van der Waals surface area contributed by atoms with E-state index in [1.54, 1.807) is 0 Å². The minimum atomic E-state index is 0.0790. The Labute approximate surface area is 256 Å². The summed E-state index contributed by atoms with van der Waals surface area (Å²) in [6.45, 7) is 0. The predicted molar refractivity (Wildman–Crippen MR) is 185 cm³/mol. The van der Waals surface area contributed by atoms with Crippen LogP contribution in [0.25, 0.3) is 55.0 Å². The zero-order valence-electron chi connectivity index (χ0n) is 24.3. The summed E-state index contributed by atoms with van der Waals surface area (Å²) in [4.78, 5) is 4.95. The van der Waals surface area contributed by atoms with Gasteiger partial charge in [0.15, 0.2) is 0 Å². The molecule has 0 amide bonds. The van der Waals surface area contributed by atoms with E-state index in [4.69, 9.17) is 4.99 Å². The first kappa shape index (κ1) is 25.2. The lowest BCUT2D eigenvalue weighted by molar-refractivity contribution is 0.561. The monoisotopic (exact) mass is 568 g/mol. The molecule has 0 saturated heterocycles. The van der Waals surface area contributed by atoms with Gasteiger partial charge >= 0.3 is 0 Å². The van der Waals surface area contributed by atoms with Gasteiger partial charge in [0.1, 0.15) is 0 Å². The Bertz CT molecular complexity index is 2180. The number of rotatable bonds is 4. The van der Waals surface area contributed by atoms with E-state index in [1.807, 2.05) is 6.34 Å². The first-order valence-corrected chi connectivity index (χ1v) is 15.6. The van der Waals surface area contributed by atoms with Gasteiger partial charge in [0.05, 0.1) is 34.4 Å². The Kier molecular flexibility index (Phi) is 5.80. The third kappa shape index (κ3) is 3.95. The lowest BCUT2D eigenvalue weighted by atomic mass is 9.87. The van der Waals surface area contributed by atoms with Gasteiger partial charge in [-0.25, -0.2) is 0 Å². The second-order valence-corrected chi connectivity index (χ2v) is 12.0. The summed E-state index contributed by atoms with van der Waals surface area (Å²) >= 11 is 0. The highest BCUT2D eigenvalue weighted by Gasteiger charge is 2.26. The summed E-state index contributed by atoms with van der Waals surface area (Å²) in [7, 11) is 0. The number of allylic oxidation sites excluding steroid dienone is 7. The summed E-state index contributed by atoms with van der Waals surface area (Å²) < 4.78 is 4.86. The molecular formula is C40H32N4. The molecule has 0 radical (unpaired) electrons. The number of nitrogens with zero attached hydrogens (tertiary/aromatic N) is 3. The Morgan fingerprint density at radius 2 is 1.23 bits per heavy atom. The molecule has 3 unspecified atom stereocenters. The maximum absolute atomic E-state index is 4.95. The van der Waals surface area contributed by atoms with Crippen molar-refractivity contribution in [2.75, 3.05) is 0 Å². The Hall–Kier alpha value is -5.35. The maximum atomic E-state index is 4.95. The van der Waals surface area contributed by atoms with E-state index >= 15 is 0 Å². The number of aliphatic imine (C=N–C) groups is 1. The molecule has 1 aliphatic heterocycles. The van der Waals surface area contributed by atoms with Gasteiger partial charge in [-0.15, -0.1) is 0 Å². The molecule has 44 heavy (non-hydrogen) atoms. The summed E-state index contributed by atoms with van der Waals surface area (Å²) in [5.41, 5.74) is 8.77. The summed E-state index contributed by atoms with van der Waals surface area (Å²) in [5.74, 6) is 0.535. The number of para-hydroxylation sites is 4. The molecule has 4 nitrogen and oxygen atoms in total. The molecule has 0 saturated carbocycles. The number of benzene rings is 4. The number of hydrogen-bond donors (Lipinski definition) is 1. The lowest BCUT2D eigenvalue weighted by Gasteiger charge is -2.29. The van der Waals surface area contributed by atoms with Gasteiger partial charge in [0.25, 0.3) is 0 Å². The van der Waals surface area contributed by atoms with Gasteiger partial charge in [-0.1, -0.05) is 97.1 Å². The van der Waals surface area contributed by atoms with Crippen LogP contribution in [0.3, 0.4) is 0 Å². The number of hydrogen-bond acceptors (Lipinski definition) is 2. The van der Waals surface area contributed by atoms with Crippen molar-refractivity contribution in [1.29, 1.82) is 0 Å².